The predicted molar refractivity (Wildman–Crippen MR) is 29.1 cm³/mol. The second-order valence-corrected chi connectivity index (χ2v) is 1.54. The third-order valence-corrected chi connectivity index (χ3v) is 0. The van der Waals surface area contributed by atoms with Crippen molar-refractivity contribution in [3.8, 4) is 0 Å². The molecule has 0 fully saturated rings. The Kier molecular flexibility index (Phi) is 23.3. The monoisotopic (exact) mass is 166 g/mol. The van der Waals surface area contributed by atoms with Crippen LogP contribution in [0.25, 0.3) is 6.15 Å². The van der Waals surface area contributed by atoms with Gasteiger partial charge >= 0.3 is 42.5 Å². The van der Waals surface area contributed by atoms with E-state index < -0.39 is 7.82 Å². The van der Waals surface area contributed by atoms with E-state index in [1.165, 1.54) is 0 Å². The van der Waals surface area contributed by atoms with Gasteiger partial charge < -0.3 is 20.8 Å². The minimum Gasteiger partial charge on any atom is -3.00 e. The van der Waals surface area contributed by atoms with E-state index in [9.17, 15) is 0 Å². The minimum absolute atomic E-state index is 0. The first-order valence-corrected chi connectivity index (χ1v) is 2.35. The van der Waals surface area contributed by atoms with Crippen LogP contribution in [0, 0.1) is 0 Å². The van der Waals surface area contributed by atoms with Gasteiger partial charge in [0.15, 0.2) is 0 Å². The molecule has 0 saturated carbocycles. The summed E-state index contributed by atoms with van der Waals surface area (Å²) >= 11 is 0. The molecule has 5 nitrogen and oxygen atoms in total. The molecule has 0 spiro atoms. The molecular formula is H3Al2NO4P+3. The third-order valence-electron chi connectivity index (χ3n) is 0. The largest absolute Gasteiger partial charge is 3.00 e. The Labute approximate surface area is 68.2 Å². The van der Waals surface area contributed by atoms with E-state index in [1.54, 1.807) is 0 Å². The molecular weight excluding hydrogens is 163 g/mol. The van der Waals surface area contributed by atoms with Crippen molar-refractivity contribution in [2.75, 3.05) is 0 Å². The quantitative estimate of drug-likeness (QED) is 0.303. The molecule has 0 bridgehead atoms. The predicted octanol–water partition coefficient (Wildman–Crippen LogP) is -1.40. The molecule has 0 radical (unpaired) electrons. The van der Waals surface area contributed by atoms with Crippen molar-refractivity contribution in [1.29, 1.82) is 0 Å². The molecule has 8 heavy (non-hydrogen) atoms. The average molecular weight is 166 g/mol. The van der Waals surface area contributed by atoms with Crippen LogP contribution in [-0.4, -0.2) is 49.4 Å². The Balaban J connectivity index is -0.0000000267. The van der Waals surface area contributed by atoms with E-state index in [-0.39, 0.29) is 40.9 Å². The number of hydrogen-bond acceptors (Lipinski definition) is 1. The van der Waals surface area contributed by atoms with Gasteiger partial charge in [-0.15, -0.1) is 0 Å². The third kappa shape index (κ3) is 208. The molecule has 0 aliphatic carbocycles. The molecule has 0 aliphatic heterocycles. The van der Waals surface area contributed by atoms with Crippen molar-refractivity contribution in [2.24, 2.45) is 0 Å². The van der Waals surface area contributed by atoms with Gasteiger partial charge in [-0.25, -0.2) is 4.57 Å². The molecule has 0 aromatic carbocycles. The summed E-state index contributed by atoms with van der Waals surface area (Å²) in [5.74, 6) is 0. The van der Waals surface area contributed by atoms with Crippen molar-refractivity contribution in [3.63, 3.8) is 0 Å². The maximum Gasteiger partial charge on any atom is 3.00 e. The van der Waals surface area contributed by atoms with E-state index in [4.69, 9.17) is 19.2 Å². The first-order valence-electron chi connectivity index (χ1n) is 0.783. The molecule has 0 amide bonds. The summed E-state index contributed by atoms with van der Waals surface area (Å²) in [5.41, 5.74) is 0. The second kappa shape index (κ2) is 8.13. The number of nitrogens with zero attached hydrogens (tertiary/aromatic N) is 1. The average Bonchev–Trinajstić information content (AvgIpc) is 0.722. The van der Waals surface area contributed by atoms with Gasteiger partial charge in [0.05, 0.1) is 0 Å². The van der Waals surface area contributed by atoms with Crippen LogP contribution >= 0.6 is 7.82 Å². The van der Waals surface area contributed by atoms with Gasteiger partial charge in [-0.05, 0) is 0 Å². The fraction of sp³-hybridized carbons (Fsp3) is 0. The van der Waals surface area contributed by atoms with Crippen molar-refractivity contribution >= 4 is 42.5 Å². The van der Waals surface area contributed by atoms with E-state index in [2.05, 4.69) is 0 Å². The van der Waals surface area contributed by atoms with Gasteiger partial charge in [-0.1, -0.05) is 0 Å². The Morgan fingerprint density at radius 2 is 1.00 bits per heavy atom. The molecule has 0 atom stereocenters. The number of phosphoric acid groups is 1. The van der Waals surface area contributed by atoms with Crippen LogP contribution < -0.4 is 0 Å². The molecule has 0 aliphatic rings. The maximum absolute atomic E-state index is 8.88. The number of hydrogen-bond donors (Lipinski definition) is 3. The van der Waals surface area contributed by atoms with Crippen LogP contribution in [0.1, 0.15) is 0 Å². The Morgan fingerprint density at radius 3 is 1.00 bits per heavy atom. The SMILES string of the molecule is O=P(O)(O)O.[Al+3].[Al+3].[N-3]. The van der Waals surface area contributed by atoms with Gasteiger partial charge in [0.1, 0.15) is 0 Å². The van der Waals surface area contributed by atoms with Crippen LogP contribution in [0.3, 0.4) is 0 Å². The molecule has 0 rings (SSSR count). The summed E-state index contributed by atoms with van der Waals surface area (Å²) < 4.78 is 8.88. The Bertz CT molecular complexity index is 60.2. The molecule has 0 aromatic rings. The van der Waals surface area contributed by atoms with Crippen LogP contribution in [0.15, 0.2) is 0 Å². The molecule has 0 saturated heterocycles. The fourth-order valence-corrected chi connectivity index (χ4v) is 0. The summed E-state index contributed by atoms with van der Waals surface area (Å²) in [6, 6.07) is 0. The summed E-state index contributed by atoms with van der Waals surface area (Å²) in [6.07, 6.45) is 0. The van der Waals surface area contributed by atoms with E-state index in [1.807, 2.05) is 0 Å². The second-order valence-electron chi connectivity index (χ2n) is 0.513. The van der Waals surface area contributed by atoms with Gasteiger partial charge in [-0.2, -0.15) is 0 Å². The zero-order chi connectivity index (χ0) is 4.50. The van der Waals surface area contributed by atoms with Crippen LogP contribution in [0.5, 0.6) is 0 Å². The van der Waals surface area contributed by atoms with E-state index in [0.29, 0.717) is 0 Å². The summed E-state index contributed by atoms with van der Waals surface area (Å²) in [4.78, 5) is 21.6. The van der Waals surface area contributed by atoms with E-state index >= 15 is 0 Å². The van der Waals surface area contributed by atoms with Gasteiger partial charge in [-0.3, -0.25) is 0 Å². The van der Waals surface area contributed by atoms with Gasteiger partial charge in [0.2, 0.25) is 0 Å². The minimum atomic E-state index is -4.64. The standard InChI is InChI=1S/2Al.N.H3O4P/c;;;1-5(2,3)4/h;;;(H3,1,2,3,4)/q2*+3;-3;. The van der Waals surface area contributed by atoms with Gasteiger partial charge in [0, 0.05) is 0 Å². The zero-order valence-electron chi connectivity index (χ0n) is 3.80. The van der Waals surface area contributed by atoms with Crippen LogP contribution in [-0.2, 0) is 4.57 Å². The van der Waals surface area contributed by atoms with Crippen molar-refractivity contribution in [2.45, 2.75) is 0 Å². The smallest absolute Gasteiger partial charge is 3.00 e. The summed E-state index contributed by atoms with van der Waals surface area (Å²) in [6.45, 7) is 0. The molecule has 0 heterocycles. The Hall–Kier alpha value is 1.13. The van der Waals surface area contributed by atoms with Crippen molar-refractivity contribution < 1.29 is 19.2 Å². The molecule has 8 heteroatoms. The van der Waals surface area contributed by atoms with Crippen molar-refractivity contribution in [1.82, 2.24) is 0 Å². The van der Waals surface area contributed by atoms with E-state index in [0.717, 1.165) is 0 Å². The fourth-order valence-electron chi connectivity index (χ4n) is 0. The Morgan fingerprint density at radius 1 is 1.00 bits per heavy atom. The van der Waals surface area contributed by atoms with Gasteiger partial charge in [0.25, 0.3) is 0 Å². The maximum atomic E-state index is 8.88. The first-order chi connectivity index (χ1) is 2.00. The topological polar surface area (TPSA) is 108 Å². The normalized spacial score (nSPS) is 7.38. The summed E-state index contributed by atoms with van der Waals surface area (Å²) in [5, 5.41) is 0. The molecule has 40 valence electrons. The molecule has 0 aromatic heterocycles. The van der Waals surface area contributed by atoms with Crippen LogP contribution in [0.4, 0.5) is 0 Å². The first kappa shape index (κ1) is 22.9. The van der Waals surface area contributed by atoms with Crippen molar-refractivity contribution in [3.05, 3.63) is 6.15 Å². The zero-order valence-corrected chi connectivity index (χ0v) is 7.00. The number of rotatable bonds is 0. The molecule has 3 N–H and O–H groups in total. The van der Waals surface area contributed by atoms with Crippen LogP contribution in [0.2, 0.25) is 0 Å². The summed E-state index contributed by atoms with van der Waals surface area (Å²) in [7, 11) is -4.64. The molecule has 0 unspecified atom stereocenters.